The van der Waals surface area contributed by atoms with Crippen molar-refractivity contribution in [3.8, 4) is 0 Å². The van der Waals surface area contributed by atoms with Gasteiger partial charge in [-0.15, -0.1) is 0 Å². The van der Waals surface area contributed by atoms with Crippen LogP contribution in [0.4, 0.5) is 4.39 Å². The molecule has 2 heterocycles. The molecule has 0 radical (unpaired) electrons. The Morgan fingerprint density at radius 3 is 2.48 bits per heavy atom. The molecule has 1 atom stereocenters. The molecule has 0 spiro atoms. The summed E-state index contributed by atoms with van der Waals surface area (Å²) in [5.74, 6) is -0.666. The van der Waals surface area contributed by atoms with E-state index < -0.39 is 15.8 Å². The van der Waals surface area contributed by atoms with Crippen LogP contribution in [0, 0.1) is 5.82 Å². The number of sulfonamides is 1. The van der Waals surface area contributed by atoms with Crippen LogP contribution < -0.4 is 0 Å². The number of hydrogen-bond donors (Lipinski definition) is 0. The van der Waals surface area contributed by atoms with E-state index in [0.29, 0.717) is 13.1 Å². The Kier molecular flexibility index (Phi) is 4.28. The van der Waals surface area contributed by atoms with Gasteiger partial charge in [0.05, 0.1) is 0 Å². The van der Waals surface area contributed by atoms with Gasteiger partial charge in [-0.2, -0.15) is 4.31 Å². The maximum Gasteiger partial charge on any atom is 0.246 e. The van der Waals surface area contributed by atoms with E-state index in [4.69, 9.17) is 0 Å². The van der Waals surface area contributed by atoms with Gasteiger partial charge in [-0.1, -0.05) is 12.1 Å². The largest absolute Gasteiger partial charge is 0.299 e. The van der Waals surface area contributed by atoms with E-state index in [-0.39, 0.29) is 10.9 Å². The molecule has 6 heteroatoms. The van der Waals surface area contributed by atoms with Crippen LogP contribution in [0.1, 0.15) is 25.7 Å². The van der Waals surface area contributed by atoms with E-state index in [1.165, 1.54) is 35.3 Å². The van der Waals surface area contributed by atoms with Crippen molar-refractivity contribution in [2.24, 2.45) is 0 Å². The monoisotopic (exact) mass is 312 g/mol. The van der Waals surface area contributed by atoms with E-state index >= 15 is 0 Å². The second-order valence-electron chi connectivity index (χ2n) is 5.83. The normalized spacial score (nSPS) is 25.3. The SMILES string of the molecule is O=S(=O)(c1ccccc1F)N1CCCC(N2CCCC2)C1. The topological polar surface area (TPSA) is 40.6 Å². The van der Waals surface area contributed by atoms with Gasteiger partial charge < -0.3 is 0 Å². The van der Waals surface area contributed by atoms with Gasteiger partial charge in [-0.3, -0.25) is 4.90 Å². The number of likely N-dealkylation sites (tertiary alicyclic amines) is 1. The maximum atomic E-state index is 13.8. The van der Waals surface area contributed by atoms with Gasteiger partial charge in [0.15, 0.2) is 0 Å². The Labute approximate surface area is 125 Å². The number of halogens is 1. The number of piperidine rings is 1. The zero-order valence-electron chi connectivity index (χ0n) is 12.0. The van der Waals surface area contributed by atoms with E-state index in [9.17, 15) is 12.8 Å². The third-order valence-electron chi connectivity index (χ3n) is 4.47. The highest BCUT2D eigenvalue weighted by Gasteiger charge is 2.34. The lowest BCUT2D eigenvalue weighted by atomic mass is 10.1. The Bertz CT molecular complexity index is 599. The summed E-state index contributed by atoms with van der Waals surface area (Å²) in [5.41, 5.74) is 0. The number of rotatable bonds is 3. The number of hydrogen-bond acceptors (Lipinski definition) is 3. The zero-order chi connectivity index (χ0) is 14.9. The molecule has 1 aromatic carbocycles. The first kappa shape index (κ1) is 14.9. The van der Waals surface area contributed by atoms with Crippen molar-refractivity contribution in [2.45, 2.75) is 36.6 Å². The van der Waals surface area contributed by atoms with E-state index in [1.54, 1.807) is 6.07 Å². The van der Waals surface area contributed by atoms with Crippen molar-refractivity contribution >= 4 is 10.0 Å². The molecular formula is C15H21FN2O2S. The lowest BCUT2D eigenvalue weighted by molar-refractivity contribution is 0.162. The first-order valence-electron chi connectivity index (χ1n) is 7.58. The molecule has 116 valence electrons. The van der Waals surface area contributed by atoms with E-state index in [0.717, 1.165) is 25.9 Å². The molecule has 0 amide bonds. The molecular weight excluding hydrogens is 291 g/mol. The van der Waals surface area contributed by atoms with Crippen LogP contribution in [0.5, 0.6) is 0 Å². The molecule has 0 N–H and O–H groups in total. The van der Waals surface area contributed by atoms with Crippen molar-refractivity contribution in [1.29, 1.82) is 0 Å². The van der Waals surface area contributed by atoms with Crippen LogP contribution in [0.3, 0.4) is 0 Å². The second-order valence-corrected chi connectivity index (χ2v) is 7.74. The minimum Gasteiger partial charge on any atom is -0.299 e. The van der Waals surface area contributed by atoms with Gasteiger partial charge in [-0.25, -0.2) is 12.8 Å². The Morgan fingerprint density at radius 2 is 1.76 bits per heavy atom. The molecule has 2 saturated heterocycles. The maximum absolute atomic E-state index is 13.8. The molecule has 3 rings (SSSR count). The molecule has 0 aromatic heterocycles. The quantitative estimate of drug-likeness (QED) is 0.858. The highest BCUT2D eigenvalue weighted by molar-refractivity contribution is 7.89. The van der Waals surface area contributed by atoms with Crippen molar-refractivity contribution in [2.75, 3.05) is 26.2 Å². The fourth-order valence-electron chi connectivity index (χ4n) is 3.34. The van der Waals surface area contributed by atoms with Crippen LogP contribution in [0.25, 0.3) is 0 Å². The molecule has 2 aliphatic rings. The molecule has 1 aromatic rings. The number of nitrogens with zero attached hydrogens (tertiary/aromatic N) is 2. The van der Waals surface area contributed by atoms with Crippen LogP contribution in [0.15, 0.2) is 29.2 Å². The molecule has 1 unspecified atom stereocenters. The van der Waals surface area contributed by atoms with Crippen LogP contribution in [-0.2, 0) is 10.0 Å². The summed E-state index contributed by atoms with van der Waals surface area (Å²) in [6.45, 7) is 3.08. The van der Waals surface area contributed by atoms with Gasteiger partial charge >= 0.3 is 0 Å². The second kappa shape index (κ2) is 6.02. The summed E-state index contributed by atoms with van der Waals surface area (Å²) >= 11 is 0. The highest BCUT2D eigenvalue weighted by Crippen LogP contribution is 2.26. The summed E-state index contributed by atoms with van der Waals surface area (Å²) in [7, 11) is -3.72. The van der Waals surface area contributed by atoms with Crippen LogP contribution >= 0.6 is 0 Å². The Hall–Kier alpha value is -0.980. The van der Waals surface area contributed by atoms with Crippen molar-refractivity contribution in [3.05, 3.63) is 30.1 Å². The third kappa shape index (κ3) is 2.98. The van der Waals surface area contributed by atoms with E-state index in [2.05, 4.69) is 4.90 Å². The molecule has 0 aliphatic carbocycles. The molecule has 4 nitrogen and oxygen atoms in total. The molecule has 2 aliphatic heterocycles. The summed E-state index contributed by atoms with van der Waals surface area (Å²) in [6, 6.07) is 5.91. The molecule has 21 heavy (non-hydrogen) atoms. The zero-order valence-corrected chi connectivity index (χ0v) is 12.9. The minimum atomic E-state index is -3.72. The standard InChI is InChI=1S/C15H21FN2O2S/c16-14-7-1-2-8-15(14)21(19,20)18-11-5-6-13(12-18)17-9-3-4-10-17/h1-2,7-8,13H,3-6,9-12H2. The van der Waals surface area contributed by atoms with Gasteiger partial charge in [0.25, 0.3) is 0 Å². The Morgan fingerprint density at radius 1 is 1.05 bits per heavy atom. The fourth-order valence-corrected chi connectivity index (χ4v) is 4.92. The molecule has 0 saturated carbocycles. The minimum absolute atomic E-state index is 0.202. The summed E-state index contributed by atoms with van der Waals surface area (Å²) in [4.78, 5) is 2.18. The smallest absolute Gasteiger partial charge is 0.246 e. The lowest BCUT2D eigenvalue weighted by Crippen LogP contribution is -2.49. The van der Waals surface area contributed by atoms with Crippen LogP contribution in [-0.4, -0.2) is 49.8 Å². The van der Waals surface area contributed by atoms with Crippen LogP contribution in [0.2, 0.25) is 0 Å². The lowest BCUT2D eigenvalue weighted by Gasteiger charge is -2.36. The van der Waals surface area contributed by atoms with Gasteiger partial charge in [-0.05, 0) is 50.9 Å². The third-order valence-corrected chi connectivity index (χ3v) is 6.37. The predicted molar refractivity (Wildman–Crippen MR) is 79.0 cm³/mol. The Balaban J connectivity index is 1.80. The summed E-state index contributed by atoms with van der Waals surface area (Å²) < 4.78 is 40.6. The predicted octanol–water partition coefficient (Wildman–Crippen LogP) is 2.07. The number of benzene rings is 1. The van der Waals surface area contributed by atoms with E-state index in [1.807, 2.05) is 0 Å². The summed E-state index contributed by atoms with van der Waals surface area (Å²) in [6.07, 6.45) is 4.26. The summed E-state index contributed by atoms with van der Waals surface area (Å²) in [5, 5.41) is 0. The average molecular weight is 312 g/mol. The van der Waals surface area contributed by atoms with Crippen molar-refractivity contribution in [3.63, 3.8) is 0 Å². The van der Waals surface area contributed by atoms with Gasteiger partial charge in [0.2, 0.25) is 10.0 Å². The molecule has 0 bridgehead atoms. The van der Waals surface area contributed by atoms with Gasteiger partial charge in [0, 0.05) is 19.1 Å². The van der Waals surface area contributed by atoms with Gasteiger partial charge in [0.1, 0.15) is 10.7 Å². The average Bonchev–Trinajstić information content (AvgIpc) is 3.02. The van der Waals surface area contributed by atoms with Crippen molar-refractivity contribution < 1.29 is 12.8 Å². The molecule has 2 fully saturated rings. The fraction of sp³-hybridized carbons (Fsp3) is 0.600. The first-order valence-corrected chi connectivity index (χ1v) is 9.02. The van der Waals surface area contributed by atoms with Crippen molar-refractivity contribution in [1.82, 2.24) is 9.21 Å². The first-order chi connectivity index (χ1) is 10.1. The highest BCUT2D eigenvalue weighted by atomic mass is 32.2.